The molecule has 94 valence electrons. The van der Waals surface area contributed by atoms with E-state index in [1.807, 2.05) is 0 Å². The number of esters is 1. The summed E-state index contributed by atoms with van der Waals surface area (Å²) in [5, 5.41) is 9.48. The van der Waals surface area contributed by atoms with Gasteiger partial charge >= 0.3 is 5.97 Å². The maximum absolute atomic E-state index is 11.3. The van der Waals surface area contributed by atoms with E-state index < -0.39 is 4.32 Å². The van der Waals surface area contributed by atoms with Crippen molar-refractivity contribution in [3.63, 3.8) is 0 Å². The molecular weight excluding hydrogens is 288 g/mol. The molecule has 1 N–H and O–H groups in total. The molecule has 0 saturated heterocycles. The SMILES string of the molecule is CC(C)(Br)C(=O)OCCOC(O)=C1C=CC=C1. The van der Waals surface area contributed by atoms with Gasteiger partial charge in [-0.05, 0) is 26.0 Å². The zero-order valence-corrected chi connectivity index (χ0v) is 11.4. The number of rotatable bonds is 5. The fourth-order valence-electron chi connectivity index (χ4n) is 1.04. The first-order valence-electron chi connectivity index (χ1n) is 5.18. The lowest BCUT2D eigenvalue weighted by Crippen LogP contribution is -2.27. The Morgan fingerprint density at radius 3 is 2.35 bits per heavy atom. The molecule has 0 fully saturated rings. The summed E-state index contributed by atoms with van der Waals surface area (Å²) in [5.74, 6) is -0.530. The number of carbonyl (C=O) groups is 1. The molecular formula is C12H15BrO4. The van der Waals surface area contributed by atoms with Crippen LogP contribution in [0.25, 0.3) is 0 Å². The first kappa shape index (κ1) is 13.8. The Hall–Kier alpha value is -1.23. The predicted molar refractivity (Wildman–Crippen MR) is 67.9 cm³/mol. The van der Waals surface area contributed by atoms with Crippen molar-refractivity contribution in [3.8, 4) is 0 Å². The summed E-state index contributed by atoms with van der Waals surface area (Å²) in [7, 11) is 0. The first-order valence-corrected chi connectivity index (χ1v) is 5.97. The van der Waals surface area contributed by atoms with Crippen LogP contribution >= 0.6 is 15.9 Å². The highest BCUT2D eigenvalue weighted by Crippen LogP contribution is 2.17. The van der Waals surface area contributed by atoms with Gasteiger partial charge in [0, 0.05) is 0 Å². The zero-order chi connectivity index (χ0) is 12.9. The molecule has 0 aromatic heterocycles. The number of halogens is 1. The van der Waals surface area contributed by atoms with Crippen LogP contribution in [-0.2, 0) is 14.3 Å². The summed E-state index contributed by atoms with van der Waals surface area (Å²) in [5.41, 5.74) is 0.608. The van der Waals surface area contributed by atoms with Gasteiger partial charge in [-0.1, -0.05) is 28.1 Å². The fourth-order valence-corrected chi connectivity index (χ4v) is 1.16. The minimum atomic E-state index is -0.704. The second kappa shape index (κ2) is 5.91. The quantitative estimate of drug-likeness (QED) is 0.367. The molecule has 0 bridgehead atoms. The molecule has 1 rings (SSSR count). The Morgan fingerprint density at radius 2 is 1.82 bits per heavy atom. The largest absolute Gasteiger partial charge is 0.481 e. The average molecular weight is 303 g/mol. The second-order valence-corrected chi connectivity index (χ2v) is 5.92. The molecule has 0 unspecified atom stereocenters. The summed E-state index contributed by atoms with van der Waals surface area (Å²) in [6, 6.07) is 0. The van der Waals surface area contributed by atoms with Crippen molar-refractivity contribution < 1.29 is 19.4 Å². The number of aliphatic hydroxyl groups is 1. The van der Waals surface area contributed by atoms with Crippen molar-refractivity contribution in [3.05, 3.63) is 35.8 Å². The summed E-state index contributed by atoms with van der Waals surface area (Å²) in [6.07, 6.45) is 7.04. The van der Waals surface area contributed by atoms with Crippen molar-refractivity contribution in [1.29, 1.82) is 0 Å². The third-order valence-corrected chi connectivity index (χ3v) is 2.27. The molecule has 1 aliphatic rings. The number of allylic oxidation sites excluding steroid dienone is 5. The van der Waals surface area contributed by atoms with E-state index in [1.165, 1.54) is 0 Å². The van der Waals surface area contributed by atoms with Gasteiger partial charge in [0.2, 0.25) is 0 Å². The Kier molecular flexibility index (Phi) is 4.81. The number of aliphatic hydroxyl groups excluding tert-OH is 1. The van der Waals surface area contributed by atoms with Gasteiger partial charge in [0.15, 0.2) is 0 Å². The number of hydrogen-bond donors (Lipinski definition) is 1. The highest BCUT2D eigenvalue weighted by atomic mass is 79.9. The zero-order valence-electron chi connectivity index (χ0n) is 9.77. The molecule has 0 saturated carbocycles. The van der Waals surface area contributed by atoms with E-state index in [4.69, 9.17) is 9.47 Å². The van der Waals surface area contributed by atoms with Crippen LogP contribution in [0.15, 0.2) is 35.8 Å². The summed E-state index contributed by atoms with van der Waals surface area (Å²) < 4.78 is 9.26. The molecule has 17 heavy (non-hydrogen) atoms. The smallest absolute Gasteiger partial charge is 0.322 e. The Morgan fingerprint density at radius 1 is 1.29 bits per heavy atom. The molecule has 5 heteroatoms. The van der Waals surface area contributed by atoms with Crippen molar-refractivity contribution in [2.45, 2.75) is 18.2 Å². The number of hydrogen-bond acceptors (Lipinski definition) is 4. The van der Waals surface area contributed by atoms with Gasteiger partial charge in [0.1, 0.15) is 17.5 Å². The maximum atomic E-state index is 11.3. The molecule has 0 aliphatic heterocycles. The van der Waals surface area contributed by atoms with Gasteiger partial charge in [-0.3, -0.25) is 4.79 Å². The highest BCUT2D eigenvalue weighted by Gasteiger charge is 2.25. The van der Waals surface area contributed by atoms with Crippen LogP contribution in [0.4, 0.5) is 0 Å². The third-order valence-electron chi connectivity index (χ3n) is 1.95. The minimum absolute atomic E-state index is 0.0959. The molecule has 0 amide bonds. The van der Waals surface area contributed by atoms with Crippen molar-refractivity contribution >= 4 is 21.9 Å². The monoisotopic (exact) mass is 302 g/mol. The van der Waals surface area contributed by atoms with Gasteiger partial charge in [-0.25, -0.2) is 0 Å². The second-order valence-electron chi connectivity index (χ2n) is 3.94. The topological polar surface area (TPSA) is 55.8 Å². The predicted octanol–water partition coefficient (Wildman–Crippen LogP) is 2.62. The highest BCUT2D eigenvalue weighted by molar-refractivity contribution is 9.10. The van der Waals surface area contributed by atoms with E-state index in [-0.39, 0.29) is 25.1 Å². The van der Waals surface area contributed by atoms with Crippen molar-refractivity contribution in [2.24, 2.45) is 0 Å². The van der Waals surface area contributed by atoms with Gasteiger partial charge < -0.3 is 14.6 Å². The van der Waals surface area contributed by atoms with Crippen LogP contribution in [0.2, 0.25) is 0 Å². The molecule has 0 aromatic rings. The number of ether oxygens (including phenoxy) is 2. The van der Waals surface area contributed by atoms with E-state index >= 15 is 0 Å². The Bertz CT molecular complexity index is 360. The summed E-state index contributed by atoms with van der Waals surface area (Å²) in [6.45, 7) is 3.61. The van der Waals surface area contributed by atoms with Gasteiger partial charge in [0.25, 0.3) is 5.95 Å². The van der Waals surface area contributed by atoms with E-state index in [2.05, 4.69) is 15.9 Å². The van der Waals surface area contributed by atoms with Crippen molar-refractivity contribution in [2.75, 3.05) is 13.2 Å². The lowest BCUT2D eigenvalue weighted by Gasteiger charge is -2.14. The van der Waals surface area contributed by atoms with E-state index in [9.17, 15) is 9.90 Å². The summed E-state index contributed by atoms with van der Waals surface area (Å²) in [4.78, 5) is 11.3. The minimum Gasteiger partial charge on any atom is -0.481 e. The molecule has 4 nitrogen and oxygen atoms in total. The molecule has 0 heterocycles. The maximum Gasteiger partial charge on any atom is 0.322 e. The van der Waals surface area contributed by atoms with E-state index in [0.717, 1.165) is 0 Å². The average Bonchev–Trinajstić information content (AvgIpc) is 2.75. The lowest BCUT2D eigenvalue weighted by atomic mass is 10.2. The van der Waals surface area contributed by atoms with Crippen LogP contribution in [-0.4, -0.2) is 28.6 Å². The molecule has 0 atom stereocenters. The van der Waals surface area contributed by atoms with Crippen LogP contribution < -0.4 is 0 Å². The van der Waals surface area contributed by atoms with Crippen molar-refractivity contribution in [1.82, 2.24) is 0 Å². The number of carbonyl (C=O) groups excluding carboxylic acids is 1. The lowest BCUT2D eigenvalue weighted by molar-refractivity contribution is -0.147. The Balaban J connectivity index is 2.26. The Labute approximate surface area is 109 Å². The molecule has 1 aliphatic carbocycles. The standard InChI is InChI=1S/C12H15BrO4/c1-12(2,13)11(15)17-8-7-16-10(14)9-5-3-4-6-9/h3-6,14H,7-8H2,1-2H3. The van der Waals surface area contributed by atoms with Gasteiger partial charge in [0.05, 0.1) is 5.57 Å². The molecule has 0 aromatic carbocycles. The van der Waals surface area contributed by atoms with Crippen LogP contribution in [0, 0.1) is 0 Å². The van der Waals surface area contributed by atoms with E-state index in [1.54, 1.807) is 38.2 Å². The van der Waals surface area contributed by atoms with E-state index in [0.29, 0.717) is 5.57 Å². The molecule has 0 radical (unpaired) electrons. The van der Waals surface area contributed by atoms with Gasteiger partial charge in [-0.2, -0.15) is 0 Å². The third kappa shape index (κ3) is 4.65. The summed E-state index contributed by atoms with van der Waals surface area (Å²) >= 11 is 3.19. The first-order chi connectivity index (χ1) is 7.91. The van der Waals surface area contributed by atoms with Crippen LogP contribution in [0.1, 0.15) is 13.8 Å². The normalized spacial score (nSPS) is 13.9. The molecule has 0 spiro atoms. The van der Waals surface area contributed by atoms with Gasteiger partial charge in [-0.15, -0.1) is 0 Å². The fraction of sp³-hybridized carbons (Fsp3) is 0.417. The van der Waals surface area contributed by atoms with Crippen LogP contribution in [0.3, 0.4) is 0 Å². The van der Waals surface area contributed by atoms with Crippen LogP contribution in [0.5, 0.6) is 0 Å². The number of alkyl halides is 1.